The Kier molecular flexibility index (Phi) is 4.57. The van der Waals surface area contributed by atoms with Crippen molar-refractivity contribution in [3.63, 3.8) is 0 Å². The van der Waals surface area contributed by atoms with Crippen LogP contribution in [-0.2, 0) is 6.54 Å². The first-order chi connectivity index (χ1) is 9.93. The predicted octanol–water partition coefficient (Wildman–Crippen LogP) is 4.52. The lowest BCUT2D eigenvalue weighted by molar-refractivity contribution is 0.410. The van der Waals surface area contributed by atoms with Crippen molar-refractivity contribution in [2.75, 3.05) is 12.4 Å². The quantitative estimate of drug-likeness (QED) is 0.661. The number of hydrogen-bond acceptors (Lipinski definition) is 2. The Morgan fingerprint density at radius 3 is 2.24 bits per heavy atom. The van der Waals surface area contributed by atoms with Crippen LogP contribution in [0.25, 0.3) is 0 Å². The Morgan fingerprint density at radius 1 is 1.05 bits per heavy atom. The number of anilines is 1. The Bertz CT molecular complexity index is 652. The molecule has 0 aliphatic rings. The minimum atomic E-state index is -1.49. The summed E-state index contributed by atoms with van der Waals surface area (Å²) in [5.74, 6) is -5.52. The van der Waals surface area contributed by atoms with E-state index in [1.54, 1.807) is 12.1 Å². The van der Waals surface area contributed by atoms with Crippen LogP contribution in [0.2, 0.25) is 5.02 Å². The third-order valence-corrected chi connectivity index (χ3v) is 3.04. The van der Waals surface area contributed by atoms with Crippen molar-refractivity contribution < 1.29 is 22.3 Å². The molecule has 0 saturated heterocycles. The number of benzene rings is 2. The maximum atomic E-state index is 13.5. The third kappa shape index (κ3) is 3.21. The predicted molar refractivity (Wildman–Crippen MR) is 71.6 cm³/mol. The van der Waals surface area contributed by atoms with Crippen LogP contribution in [0.4, 0.5) is 23.2 Å². The normalized spacial score (nSPS) is 10.6. The second-order valence-electron chi connectivity index (χ2n) is 4.15. The zero-order valence-electron chi connectivity index (χ0n) is 10.8. The molecule has 7 heteroatoms. The molecular weight excluding hydrogens is 310 g/mol. The largest absolute Gasteiger partial charge is 0.496 e. The number of methoxy groups -OCH3 is 1. The number of ether oxygens (including phenoxy) is 1. The van der Waals surface area contributed by atoms with Crippen molar-refractivity contribution in [1.82, 2.24) is 0 Å². The molecule has 0 aromatic heterocycles. The summed E-state index contributed by atoms with van der Waals surface area (Å²) in [5.41, 5.74) is -0.400. The van der Waals surface area contributed by atoms with Gasteiger partial charge in [-0.25, -0.2) is 17.6 Å². The number of halogens is 5. The second-order valence-corrected chi connectivity index (χ2v) is 4.59. The summed E-state index contributed by atoms with van der Waals surface area (Å²) in [6.45, 7) is -0.125. The molecule has 112 valence electrons. The maximum absolute atomic E-state index is 13.5. The highest BCUT2D eigenvalue weighted by Gasteiger charge is 2.19. The molecule has 21 heavy (non-hydrogen) atoms. The van der Waals surface area contributed by atoms with Gasteiger partial charge in [0.25, 0.3) is 0 Å². The highest BCUT2D eigenvalue weighted by Crippen LogP contribution is 2.27. The Morgan fingerprint density at radius 2 is 1.67 bits per heavy atom. The zero-order valence-corrected chi connectivity index (χ0v) is 11.6. The number of rotatable bonds is 4. The minimum Gasteiger partial charge on any atom is -0.496 e. The first-order valence-corrected chi connectivity index (χ1v) is 6.21. The van der Waals surface area contributed by atoms with Gasteiger partial charge in [0.2, 0.25) is 0 Å². The van der Waals surface area contributed by atoms with E-state index in [4.69, 9.17) is 16.3 Å². The minimum absolute atomic E-state index is 0.125. The van der Waals surface area contributed by atoms with Crippen LogP contribution >= 0.6 is 11.6 Å². The SMILES string of the molecule is COc1ccc(Cl)cc1CNc1c(F)c(F)cc(F)c1F. The van der Waals surface area contributed by atoms with Gasteiger partial charge in [0.05, 0.1) is 7.11 Å². The van der Waals surface area contributed by atoms with Crippen LogP contribution < -0.4 is 10.1 Å². The molecular formula is C14H10ClF4NO. The number of nitrogens with one attached hydrogen (secondary N) is 1. The Hall–Kier alpha value is -1.95. The van der Waals surface area contributed by atoms with Crippen molar-refractivity contribution in [1.29, 1.82) is 0 Å². The van der Waals surface area contributed by atoms with E-state index >= 15 is 0 Å². The number of hydrogen-bond donors (Lipinski definition) is 1. The molecule has 2 aromatic carbocycles. The fourth-order valence-electron chi connectivity index (χ4n) is 1.80. The van der Waals surface area contributed by atoms with Gasteiger partial charge < -0.3 is 10.1 Å². The van der Waals surface area contributed by atoms with Gasteiger partial charge in [-0.3, -0.25) is 0 Å². The van der Waals surface area contributed by atoms with Crippen LogP contribution in [0.3, 0.4) is 0 Å². The van der Waals surface area contributed by atoms with E-state index in [1.165, 1.54) is 13.2 Å². The summed E-state index contributed by atoms with van der Waals surface area (Å²) in [7, 11) is 1.41. The molecule has 0 heterocycles. The first kappa shape index (κ1) is 15.4. The van der Waals surface area contributed by atoms with Gasteiger partial charge in [0.15, 0.2) is 23.3 Å². The first-order valence-electron chi connectivity index (χ1n) is 5.83. The average molecular weight is 320 g/mol. The van der Waals surface area contributed by atoms with Gasteiger partial charge in [-0.1, -0.05) is 11.6 Å². The molecule has 2 rings (SSSR count). The molecule has 0 bridgehead atoms. The smallest absolute Gasteiger partial charge is 0.185 e. The van der Waals surface area contributed by atoms with Gasteiger partial charge in [-0.05, 0) is 18.2 Å². The van der Waals surface area contributed by atoms with Gasteiger partial charge in [0.1, 0.15) is 11.4 Å². The summed E-state index contributed by atoms with van der Waals surface area (Å²) >= 11 is 5.82. The van der Waals surface area contributed by atoms with Gasteiger partial charge in [-0.15, -0.1) is 0 Å². The monoisotopic (exact) mass is 319 g/mol. The summed E-state index contributed by atoms with van der Waals surface area (Å²) in [5, 5.41) is 2.70. The maximum Gasteiger partial charge on any atom is 0.185 e. The summed E-state index contributed by atoms with van der Waals surface area (Å²) in [4.78, 5) is 0. The summed E-state index contributed by atoms with van der Waals surface area (Å²) in [6.07, 6.45) is 0. The van der Waals surface area contributed by atoms with E-state index in [-0.39, 0.29) is 12.6 Å². The molecule has 0 radical (unpaired) electrons. The van der Waals surface area contributed by atoms with Crippen LogP contribution in [0.15, 0.2) is 24.3 Å². The van der Waals surface area contributed by atoms with E-state index < -0.39 is 29.0 Å². The van der Waals surface area contributed by atoms with Crippen molar-refractivity contribution >= 4 is 17.3 Å². The molecule has 0 atom stereocenters. The van der Waals surface area contributed by atoms with Crippen molar-refractivity contribution in [2.24, 2.45) is 0 Å². The average Bonchev–Trinajstić information content (AvgIpc) is 2.45. The highest BCUT2D eigenvalue weighted by molar-refractivity contribution is 6.30. The van der Waals surface area contributed by atoms with Crippen LogP contribution in [0.5, 0.6) is 5.75 Å². The van der Waals surface area contributed by atoms with Crippen molar-refractivity contribution in [3.05, 3.63) is 58.1 Å². The summed E-state index contributed by atoms with van der Waals surface area (Å²) < 4.78 is 58.2. The molecule has 0 aliphatic carbocycles. The zero-order chi connectivity index (χ0) is 15.6. The highest BCUT2D eigenvalue weighted by atomic mass is 35.5. The van der Waals surface area contributed by atoms with E-state index in [9.17, 15) is 17.6 Å². The molecule has 0 amide bonds. The van der Waals surface area contributed by atoms with E-state index in [0.29, 0.717) is 16.3 Å². The summed E-state index contributed by atoms with van der Waals surface area (Å²) in [6, 6.07) is 4.81. The molecule has 0 unspecified atom stereocenters. The van der Waals surface area contributed by atoms with Crippen molar-refractivity contribution in [2.45, 2.75) is 6.54 Å². The van der Waals surface area contributed by atoms with Crippen LogP contribution in [-0.4, -0.2) is 7.11 Å². The molecule has 1 N–H and O–H groups in total. The van der Waals surface area contributed by atoms with Crippen molar-refractivity contribution in [3.8, 4) is 5.75 Å². The molecule has 0 aliphatic heterocycles. The fraction of sp³-hybridized carbons (Fsp3) is 0.143. The third-order valence-electron chi connectivity index (χ3n) is 2.81. The van der Waals surface area contributed by atoms with E-state index in [0.717, 1.165) is 0 Å². The molecule has 2 nitrogen and oxygen atoms in total. The topological polar surface area (TPSA) is 21.3 Å². The van der Waals surface area contributed by atoms with Gasteiger partial charge in [0, 0.05) is 23.2 Å². The molecule has 0 spiro atoms. The molecule has 0 saturated carbocycles. The fourth-order valence-corrected chi connectivity index (χ4v) is 1.99. The van der Waals surface area contributed by atoms with Crippen LogP contribution in [0.1, 0.15) is 5.56 Å². The van der Waals surface area contributed by atoms with E-state index in [1.807, 2.05) is 0 Å². The second kappa shape index (κ2) is 6.22. The lowest BCUT2D eigenvalue weighted by Crippen LogP contribution is -2.08. The Balaban J connectivity index is 2.31. The Labute approximate surface area is 123 Å². The lowest BCUT2D eigenvalue weighted by Gasteiger charge is -2.13. The van der Waals surface area contributed by atoms with Gasteiger partial charge in [-0.2, -0.15) is 0 Å². The lowest BCUT2D eigenvalue weighted by atomic mass is 10.2. The standard InChI is InChI=1S/C14H10ClF4NO/c1-21-11-3-2-8(15)4-7(11)6-20-14-12(18)9(16)5-10(17)13(14)19/h2-5,20H,6H2,1H3. The van der Waals surface area contributed by atoms with Gasteiger partial charge >= 0.3 is 0 Å². The molecule has 0 fully saturated rings. The van der Waals surface area contributed by atoms with E-state index in [2.05, 4.69) is 5.32 Å². The van der Waals surface area contributed by atoms with Crippen LogP contribution in [0, 0.1) is 23.3 Å². The molecule has 2 aromatic rings.